The molecule has 0 unspecified atom stereocenters. The highest BCUT2D eigenvalue weighted by molar-refractivity contribution is 6.30. The molecule has 17 heavy (non-hydrogen) atoms. The van der Waals surface area contributed by atoms with E-state index in [0.717, 1.165) is 30.8 Å². The lowest BCUT2D eigenvalue weighted by Crippen LogP contribution is -2.48. The third-order valence-electron chi connectivity index (χ3n) is 3.90. The van der Waals surface area contributed by atoms with Crippen molar-refractivity contribution in [3.05, 3.63) is 34.9 Å². The van der Waals surface area contributed by atoms with Crippen molar-refractivity contribution >= 4 is 11.6 Å². The quantitative estimate of drug-likeness (QED) is 0.868. The monoisotopic (exact) mass is 253 g/mol. The molecule has 94 valence electrons. The summed E-state index contributed by atoms with van der Waals surface area (Å²) in [5.74, 6) is 0. The molecule has 3 heteroatoms. The van der Waals surface area contributed by atoms with Crippen LogP contribution in [0.15, 0.2) is 24.3 Å². The lowest BCUT2D eigenvalue weighted by atomic mass is 9.67. The van der Waals surface area contributed by atoms with E-state index in [4.69, 9.17) is 11.6 Å². The highest BCUT2D eigenvalue weighted by Crippen LogP contribution is 2.39. The van der Waals surface area contributed by atoms with Crippen LogP contribution in [0.5, 0.6) is 0 Å². The van der Waals surface area contributed by atoms with Crippen molar-refractivity contribution in [2.45, 2.75) is 37.2 Å². The largest absolute Gasteiger partial charge is 0.392 e. The lowest BCUT2D eigenvalue weighted by Gasteiger charge is -2.42. The van der Waals surface area contributed by atoms with Gasteiger partial charge in [-0.3, -0.25) is 0 Å². The Hall–Kier alpha value is -0.570. The maximum atomic E-state index is 10.4. The summed E-state index contributed by atoms with van der Waals surface area (Å²) >= 11 is 5.93. The third-order valence-corrected chi connectivity index (χ3v) is 4.15. The Kier molecular flexibility index (Phi) is 4.08. The Labute approximate surface area is 108 Å². The predicted molar refractivity (Wildman–Crippen MR) is 71.5 cm³/mol. The molecule has 0 heterocycles. The maximum Gasteiger partial charge on any atom is 0.0649 e. The molecule has 1 fully saturated rings. The van der Waals surface area contributed by atoms with Crippen LogP contribution in [0.3, 0.4) is 0 Å². The van der Waals surface area contributed by atoms with Crippen molar-refractivity contribution in [3.63, 3.8) is 0 Å². The zero-order valence-corrected chi connectivity index (χ0v) is 11.0. The summed E-state index contributed by atoms with van der Waals surface area (Å²) in [5.41, 5.74) is 1.06. The van der Waals surface area contributed by atoms with E-state index < -0.39 is 0 Å². The Morgan fingerprint density at radius 3 is 2.65 bits per heavy atom. The molecule has 1 aliphatic rings. The van der Waals surface area contributed by atoms with Gasteiger partial charge < -0.3 is 10.4 Å². The fraction of sp³-hybridized carbons (Fsp3) is 0.571. The van der Waals surface area contributed by atoms with Crippen molar-refractivity contribution in [1.82, 2.24) is 5.32 Å². The molecule has 1 aliphatic carbocycles. The number of nitrogens with one attached hydrogen (secondary N) is 1. The van der Waals surface area contributed by atoms with Gasteiger partial charge in [-0.25, -0.2) is 0 Å². The molecule has 0 saturated heterocycles. The standard InChI is InChI=1S/C14H20ClNO/c1-16-10-14(9-3-2-4-13(14)17)11-5-7-12(15)8-6-11/h5-8,13,16-17H,2-4,9-10H2,1H3/t13-,14-/m0/s1. The normalized spacial score (nSPS) is 29.2. The third kappa shape index (κ3) is 2.49. The number of aliphatic hydroxyl groups is 1. The summed E-state index contributed by atoms with van der Waals surface area (Å²) in [5, 5.41) is 14.4. The molecule has 2 atom stereocenters. The second-order valence-corrected chi connectivity index (χ2v) is 5.39. The lowest BCUT2D eigenvalue weighted by molar-refractivity contribution is 0.0424. The first-order valence-corrected chi connectivity index (χ1v) is 6.65. The minimum Gasteiger partial charge on any atom is -0.392 e. The van der Waals surface area contributed by atoms with Gasteiger partial charge >= 0.3 is 0 Å². The topological polar surface area (TPSA) is 32.3 Å². The molecule has 0 spiro atoms. The first-order chi connectivity index (χ1) is 8.19. The number of benzene rings is 1. The van der Waals surface area contributed by atoms with Gasteiger partial charge in [0.05, 0.1) is 6.10 Å². The molecule has 2 rings (SSSR count). The zero-order valence-electron chi connectivity index (χ0n) is 10.2. The van der Waals surface area contributed by atoms with Crippen molar-refractivity contribution < 1.29 is 5.11 Å². The van der Waals surface area contributed by atoms with Gasteiger partial charge in [-0.2, -0.15) is 0 Å². The molecule has 2 nitrogen and oxygen atoms in total. The average molecular weight is 254 g/mol. The minimum atomic E-state index is -0.259. The van der Waals surface area contributed by atoms with Crippen LogP contribution in [-0.4, -0.2) is 24.8 Å². The predicted octanol–water partition coefficient (Wildman–Crippen LogP) is 2.73. The van der Waals surface area contributed by atoms with Gasteiger partial charge in [-0.05, 0) is 37.6 Å². The molecule has 0 aromatic heterocycles. The van der Waals surface area contributed by atoms with Gasteiger partial charge in [-0.15, -0.1) is 0 Å². The van der Waals surface area contributed by atoms with Crippen LogP contribution in [0.4, 0.5) is 0 Å². The summed E-state index contributed by atoms with van der Waals surface area (Å²) in [7, 11) is 1.94. The molecular formula is C14H20ClNO. The van der Waals surface area contributed by atoms with Gasteiger partial charge in [0.25, 0.3) is 0 Å². The van der Waals surface area contributed by atoms with Crippen molar-refractivity contribution in [3.8, 4) is 0 Å². The second kappa shape index (κ2) is 5.38. The number of hydrogen-bond donors (Lipinski definition) is 2. The molecule has 1 aromatic carbocycles. The Morgan fingerprint density at radius 1 is 1.35 bits per heavy atom. The van der Waals surface area contributed by atoms with E-state index >= 15 is 0 Å². The first kappa shape index (κ1) is 12.9. The first-order valence-electron chi connectivity index (χ1n) is 6.28. The second-order valence-electron chi connectivity index (χ2n) is 4.95. The fourth-order valence-electron chi connectivity index (χ4n) is 2.96. The summed E-state index contributed by atoms with van der Waals surface area (Å²) in [6, 6.07) is 7.92. The van der Waals surface area contributed by atoms with Crippen LogP contribution >= 0.6 is 11.6 Å². The molecule has 1 aromatic rings. The summed E-state index contributed by atoms with van der Waals surface area (Å²) in [4.78, 5) is 0. The van der Waals surface area contributed by atoms with Crippen LogP contribution in [0, 0.1) is 0 Å². The molecule has 0 bridgehead atoms. The van der Waals surface area contributed by atoms with Gasteiger partial charge in [0.1, 0.15) is 0 Å². The number of halogens is 1. The fourth-order valence-corrected chi connectivity index (χ4v) is 3.09. The van der Waals surface area contributed by atoms with Crippen molar-refractivity contribution in [1.29, 1.82) is 0 Å². The van der Waals surface area contributed by atoms with Gasteiger partial charge in [0, 0.05) is 17.0 Å². The maximum absolute atomic E-state index is 10.4. The Balaban J connectivity index is 2.35. The molecule has 0 radical (unpaired) electrons. The smallest absolute Gasteiger partial charge is 0.0649 e. The number of aliphatic hydroxyl groups excluding tert-OH is 1. The van der Waals surface area contributed by atoms with Crippen LogP contribution in [-0.2, 0) is 5.41 Å². The molecular weight excluding hydrogens is 234 g/mol. The average Bonchev–Trinajstić information content (AvgIpc) is 2.33. The number of likely N-dealkylation sites (N-methyl/N-ethyl adjacent to an activating group) is 1. The SMILES string of the molecule is CNC[C@]1(c2ccc(Cl)cc2)CCCC[C@@H]1O. The van der Waals surface area contributed by atoms with Crippen LogP contribution < -0.4 is 5.32 Å². The van der Waals surface area contributed by atoms with Crippen LogP contribution in [0.1, 0.15) is 31.2 Å². The van der Waals surface area contributed by atoms with E-state index in [0.29, 0.717) is 0 Å². The van der Waals surface area contributed by atoms with E-state index in [1.165, 1.54) is 12.0 Å². The highest BCUT2D eigenvalue weighted by atomic mass is 35.5. The van der Waals surface area contributed by atoms with Crippen LogP contribution in [0.25, 0.3) is 0 Å². The zero-order chi connectivity index (χ0) is 12.3. The summed E-state index contributed by atoms with van der Waals surface area (Å²) < 4.78 is 0. The van der Waals surface area contributed by atoms with Crippen molar-refractivity contribution in [2.24, 2.45) is 0 Å². The summed E-state index contributed by atoms with van der Waals surface area (Å²) in [6.07, 6.45) is 3.98. The molecule has 1 saturated carbocycles. The number of rotatable bonds is 3. The Bertz CT molecular complexity index is 361. The van der Waals surface area contributed by atoms with E-state index in [1.807, 2.05) is 31.3 Å². The molecule has 0 amide bonds. The van der Waals surface area contributed by atoms with E-state index in [-0.39, 0.29) is 11.5 Å². The van der Waals surface area contributed by atoms with Crippen LogP contribution in [0.2, 0.25) is 5.02 Å². The van der Waals surface area contributed by atoms with Gasteiger partial charge in [0.2, 0.25) is 0 Å². The summed E-state index contributed by atoms with van der Waals surface area (Å²) in [6.45, 7) is 0.815. The van der Waals surface area contributed by atoms with Crippen molar-refractivity contribution in [2.75, 3.05) is 13.6 Å². The highest BCUT2D eigenvalue weighted by Gasteiger charge is 2.40. The Morgan fingerprint density at radius 2 is 2.06 bits per heavy atom. The number of hydrogen-bond acceptors (Lipinski definition) is 2. The van der Waals surface area contributed by atoms with Gasteiger partial charge in [0.15, 0.2) is 0 Å². The van der Waals surface area contributed by atoms with E-state index in [1.54, 1.807) is 0 Å². The minimum absolute atomic E-state index is 0.141. The van der Waals surface area contributed by atoms with E-state index in [9.17, 15) is 5.11 Å². The molecule has 2 N–H and O–H groups in total. The van der Waals surface area contributed by atoms with E-state index in [2.05, 4.69) is 5.32 Å². The molecule has 0 aliphatic heterocycles. The van der Waals surface area contributed by atoms with Gasteiger partial charge in [-0.1, -0.05) is 36.6 Å².